The van der Waals surface area contributed by atoms with E-state index in [1.165, 1.54) is 18.2 Å². The third-order valence-corrected chi connectivity index (χ3v) is 5.01. The summed E-state index contributed by atoms with van der Waals surface area (Å²) in [7, 11) is 3.29. The van der Waals surface area contributed by atoms with Crippen LogP contribution in [0.15, 0.2) is 29.3 Å². The normalized spacial score (nSPS) is 21.4. The average molecular weight is 315 g/mol. The molecule has 1 atom stereocenters. The SMILES string of the molecule is CN=C(NCC1Cc2ccccc21)N1CCC(C(=O)OC)CC1. The molecule has 0 bridgehead atoms. The Kier molecular flexibility index (Phi) is 4.84. The molecule has 23 heavy (non-hydrogen) atoms. The van der Waals surface area contributed by atoms with Gasteiger partial charge in [-0.2, -0.15) is 0 Å². The van der Waals surface area contributed by atoms with Gasteiger partial charge < -0.3 is 15.0 Å². The smallest absolute Gasteiger partial charge is 0.308 e. The Morgan fingerprint density at radius 2 is 2.09 bits per heavy atom. The van der Waals surface area contributed by atoms with Gasteiger partial charge in [0.2, 0.25) is 0 Å². The molecule has 1 aliphatic carbocycles. The Bertz CT molecular complexity index is 592. The van der Waals surface area contributed by atoms with Crippen LogP contribution < -0.4 is 5.32 Å². The van der Waals surface area contributed by atoms with Gasteiger partial charge in [0.05, 0.1) is 13.0 Å². The summed E-state index contributed by atoms with van der Waals surface area (Å²) in [6.07, 6.45) is 2.81. The zero-order valence-corrected chi connectivity index (χ0v) is 13.9. The van der Waals surface area contributed by atoms with E-state index >= 15 is 0 Å². The van der Waals surface area contributed by atoms with E-state index in [4.69, 9.17) is 4.74 Å². The predicted molar refractivity (Wildman–Crippen MR) is 90.6 cm³/mol. The quantitative estimate of drug-likeness (QED) is 0.525. The third-order valence-electron chi connectivity index (χ3n) is 5.01. The van der Waals surface area contributed by atoms with Crippen molar-refractivity contribution in [3.63, 3.8) is 0 Å². The summed E-state index contributed by atoms with van der Waals surface area (Å²) >= 11 is 0. The predicted octanol–water partition coefficient (Wildman–Crippen LogP) is 1.79. The second kappa shape index (κ2) is 7.02. The van der Waals surface area contributed by atoms with Crippen LogP contribution in [0.2, 0.25) is 0 Å². The van der Waals surface area contributed by atoms with Crippen molar-refractivity contribution in [1.29, 1.82) is 0 Å². The minimum absolute atomic E-state index is 0.0351. The number of piperidine rings is 1. The van der Waals surface area contributed by atoms with Gasteiger partial charge in [0.1, 0.15) is 0 Å². The Hall–Kier alpha value is -2.04. The van der Waals surface area contributed by atoms with Crippen LogP contribution in [0, 0.1) is 5.92 Å². The molecule has 0 amide bonds. The highest BCUT2D eigenvalue weighted by molar-refractivity contribution is 5.80. The summed E-state index contributed by atoms with van der Waals surface area (Å²) in [5.74, 6) is 1.47. The van der Waals surface area contributed by atoms with E-state index < -0.39 is 0 Å². The van der Waals surface area contributed by atoms with Gasteiger partial charge in [-0.1, -0.05) is 24.3 Å². The van der Waals surface area contributed by atoms with Crippen molar-refractivity contribution in [3.8, 4) is 0 Å². The van der Waals surface area contributed by atoms with Gasteiger partial charge in [-0.05, 0) is 30.4 Å². The second-order valence-electron chi connectivity index (χ2n) is 6.31. The number of methoxy groups -OCH3 is 1. The number of fused-ring (bicyclic) bond motifs is 1. The molecule has 0 saturated carbocycles. The monoisotopic (exact) mass is 315 g/mol. The summed E-state index contributed by atoms with van der Waals surface area (Å²) in [4.78, 5) is 18.2. The lowest BCUT2D eigenvalue weighted by atomic mass is 9.78. The topological polar surface area (TPSA) is 53.9 Å². The number of nitrogens with one attached hydrogen (secondary N) is 1. The van der Waals surface area contributed by atoms with E-state index in [0.29, 0.717) is 5.92 Å². The molecule has 2 aliphatic rings. The minimum Gasteiger partial charge on any atom is -0.469 e. The largest absolute Gasteiger partial charge is 0.469 e. The maximum atomic E-state index is 11.6. The molecule has 1 heterocycles. The van der Waals surface area contributed by atoms with Crippen molar-refractivity contribution in [2.24, 2.45) is 10.9 Å². The first kappa shape index (κ1) is 15.8. The second-order valence-corrected chi connectivity index (χ2v) is 6.31. The number of hydrogen-bond acceptors (Lipinski definition) is 3. The van der Waals surface area contributed by atoms with Gasteiger partial charge >= 0.3 is 5.97 Å². The Balaban J connectivity index is 1.49. The van der Waals surface area contributed by atoms with Gasteiger partial charge in [-0.3, -0.25) is 9.79 Å². The van der Waals surface area contributed by atoms with Gasteiger partial charge in [-0.15, -0.1) is 0 Å². The number of nitrogens with zero attached hydrogens (tertiary/aromatic N) is 2. The van der Waals surface area contributed by atoms with E-state index in [9.17, 15) is 4.79 Å². The van der Waals surface area contributed by atoms with Crippen molar-refractivity contribution in [2.45, 2.75) is 25.2 Å². The van der Waals surface area contributed by atoms with Gasteiger partial charge in [0.25, 0.3) is 0 Å². The maximum absolute atomic E-state index is 11.6. The van der Waals surface area contributed by atoms with Crippen LogP contribution in [0.25, 0.3) is 0 Å². The average Bonchev–Trinajstić information content (AvgIpc) is 2.58. The molecule has 1 saturated heterocycles. The van der Waals surface area contributed by atoms with Crippen LogP contribution in [-0.4, -0.2) is 50.6 Å². The molecule has 1 fully saturated rings. The Labute approximate surface area is 137 Å². The lowest BCUT2D eigenvalue weighted by Crippen LogP contribution is -2.48. The molecule has 0 aromatic heterocycles. The van der Waals surface area contributed by atoms with Crippen LogP contribution in [-0.2, 0) is 16.0 Å². The molecule has 1 aromatic rings. The Morgan fingerprint density at radius 3 is 2.74 bits per heavy atom. The molecular formula is C18H25N3O2. The molecule has 1 aliphatic heterocycles. The summed E-state index contributed by atoms with van der Waals surface area (Å²) in [5, 5.41) is 3.50. The van der Waals surface area contributed by atoms with E-state index in [0.717, 1.165) is 44.9 Å². The van der Waals surface area contributed by atoms with Crippen LogP contribution in [0.5, 0.6) is 0 Å². The Morgan fingerprint density at radius 1 is 1.35 bits per heavy atom. The molecule has 0 spiro atoms. The molecule has 0 radical (unpaired) electrons. The number of hydrogen-bond donors (Lipinski definition) is 1. The van der Waals surface area contributed by atoms with E-state index in [2.05, 4.69) is 39.5 Å². The van der Waals surface area contributed by atoms with E-state index in [1.54, 1.807) is 0 Å². The highest BCUT2D eigenvalue weighted by Crippen LogP contribution is 2.34. The molecule has 5 nitrogen and oxygen atoms in total. The number of guanidine groups is 1. The summed E-state index contributed by atoms with van der Waals surface area (Å²) in [6, 6.07) is 8.64. The fraction of sp³-hybridized carbons (Fsp3) is 0.556. The highest BCUT2D eigenvalue weighted by atomic mass is 16.5. The zero-order valence-electron chi connectivity index (χ0n) is 13.9. The van der Waals surface area contributed by atoms with Crippen molar-refractivity contribution in [1.82, 2.24) is 10.2 Å². The van der Waals surface area contributed by atoms with Crippen LogP contribution in [0.4, 0.5) is 0 Å². The van der Waals surface area contributed by atoms with Gasteiger partial charge in [-0.25, -0.2) is 0 Å². The number of likely N-dealkylation sites (tertiary alicyclic amines) is 1. The summed E-state index contributed by atoms with van der Waals surface area (Å²) in [6.45, 7) is 2.61. The van der Waals surface area contributed by atoms with Crippen LogP contribution in [0.1, 0.15) is 29.9 Å². The number of ether oxygens (including phenoxy) is 1. The number of carbonyl (C=O) groups excluding carboxylic acids is 1. The van der Waals surface area contributed by atoms with Crippen molar-refractivity contribution in [3.05, 3.63) is 35.4 Å². The van der Waals surface area contributed by atoms with Crippen LogP contribution >= 0.6 is 0 Å². The zero-order chi connectivity index (χ0) is 16.2. The highest BCUT2D eigenvalue weighted by Gasteiger charge is 2.29. The maximum Gasteiger partial charge on any atom is 0.308 e. The number of esters is 1. The molecule has 1 aromatic carbocycles. The van der Waals surface area contributed by atoms with Crippen molar-refractivity contribution >= 4 is 11.9 Å². The number of rotatable bonds is 3. The number of benzene rings is 1. The fourth-order valence-electron chi connectivity index (χ4n) is 3.59. The lowest BCUT2D eigenvalue weighted by Gasteiger charge is -2.35. The minimum atomic E-state index is -0.0846. The first-order valence-corrected chi connectivity index (χ1v) is 8.34. The van der Waals surface area contributed by atoms with Gasteiger partial charge in [0, 0.05) is 32.6 Å². The van der Waals surface area contributed by atoms with E-state index in [-0.39, 0.29) is 11.9 Å². The molecule has 1 N–H and O–H groups in total. The molecule has 124 valence electrons. The first-order valence-electron chi connectivity index (χ1n) is 8.34. The fourth-order valence-corrected chi connectivity index (χ4v) is 3.59. The molecule has 1 unspecified atom stereocenters. The summed E-state index contributed by atoms with van der Waals surface area (Å²) < 4.78 is 4.84. The lowest BCUT2D eigenvalue weighted by molar-refractivity contribution is -0.146. The van der Waals surface area contributed by atoms with Gasteiger partial charge in [0.15, 0.2) is 5.96 Å². The number of carbonyl (C=O) groups is 1. The van der Waals surface area contributed by atoms with Crippen LogP contribution in [0.3, 0.4) is 0 Å². The third kappa shape index (κ3) is 3.33. The summed E-state index contributed by atoms with van der Waals surface area (Å²) in [5.41, 5.74) is 2.92. The molecular weight excluding hydrogens is 290 g/mol. The molecule has 3 rings (SSSR count). The standard InChI is InChI=1S/C18H25N3O2/c1-19-18(21-9-7-13(8-10-21)17(22)23-2)20-12-15-11-14-5-3-4-6-16(14)15/h3-6,13,15H,7-12H2,1-2H3,(H,19,20). The van der Waals surface area contributed by atoms with Crippen molar-refractivity contribution < 1.29 is 9.53 Å². The number of aliphatic imine (C=N–C) groups is 1. The first-order chi connectivity index (χ1) is 11.2. The molecule has 5 heteroatoms. The van der Waals surface area contributed by atoms with E-state index in [1.807, 2.05) is 7.05 Å². The van der Waals surface area contributed by atoms with Crippen molar-refractivity contribution in [2.75, 3.05) is 33.8 Å².